The topological polar surface area (TPSA) is 49.5 Å². The third kappa shape index (κ3) is 2.69. The fourth-order valence-corrected chi connectivity index (χ4v) is 2.47. The Kier molecular flexibility index (Phi) is 4.35. The van der Waals surface area contributed by atoms with Crippen LogP contribution in [0.3, 0.4) is 0 Å². The minimum Gasteiger partial charge on any atom is -0.394 e. The van der Waals surface area contributed by atoms with Gasteiger partial charge in [-0.05, 0) is 38.8 Å². The summed E-state index contributed by atoms with van der Waals surface area (Å²) in [5, 5.41) is 9.18. The molecule has 0 amide bonds. The fraction of sp³-hybridized carbons (Fsp3) is 1.00. The molecule has 2 atom stereocenters. The summed E-state index contributed by atoms with van der Waals surface area (Å²) in [6, 6.07) is 0.595. The lowest BCUT2D eigenvalue weighted by Crippen LogP contribution is -2.43. The average Bonchev–Trinajstić information content (AvgIpc) is 2.58. The number of aliphatic hydroxyl groups excluding tert-OH is 1. The molecule has 3 N–H and O–H groups in total. The van der Waals surface area contributed by atoms with Crippen LogP contribution in [-0.2, 0) is 0 Å². The van der Waals surface area contributed by atoms with Gasteiger partial charge in [-0.15, -0.1) is 0 Å². The molecule has 84 valence electrons. The maximum Gasteiger partial charge on any atom is 0.0611 e. The first kappa shape index (κ1) is 12.0. The predicted octanol–water partition coefficient (Wildman–Crippen LogP) is 0.961. The molecule has 0 saturated heterocycles. The van der Waals surface area contributed by atoms with Gasteiger partial charge in [0.1, 0.15) is 0 Å². The maximum atomic E-state index is 9.18. The zero-order valence-electron chi connectivity index (χ0n) is 9.50. The van der Waals surface area contributed by atoms with Gasteiger partial charge in [0, 0.05) is 11.6 Å². The van der Waals surface area contributed by atoms with Crippen LogP contribution < -0.4 is 5.73 Å². The van der Waals surface area contributed by atoms with Crippen molar-refractivity contribution in [2.75, 3.05) is 19.7 Å². The first-order chi connectivity index (χ1) is 6.65. The molecule has 0 bridgehead atoms. The summed E-state index contributed by atoms with van der Waals surface area (Å²) < 4.78 is 0. The van der Waals surface area contributed by atoms with Gasteiger partial charge < -0.3 is 15.7 Å². The molecule has 0 heterocycles. The predicted molar refractivity (Wildman–Crippen MR) is 59.2 cm³/mol. The summed E-state index contributed by atoms with van der Waals surface area (Å²) in [5.41, 5.74) is 5.76. The van der Waals surface area contributed by atoms with E-state index in [1.165, 1.54) is 6.42 Å². The lowest BCUT2D eigenvalue weighted by molar-refractivity contribution is 0.170. The van der Waals surface area contributed by atoms with Crippen LogP contribution in [0.2, 0.25) is 0 Å². The van der Waals surface area contributed by atoms with E-state index in [-0.39, 0.29) is 12.1 Å². The molecule has 14 heavy (non-hydrogen) atoms. The fourth-order valence-electron chi connectivity index (χ4n) is 2.47. The van der Waals surface area contributed by atoms with E-state index in [1.807, 2.05) is 0 Å². The van der Waals surface area contributed by atoms with Crippen molar-refractivity contribution >= 4 is 0 Å². The Morgan fingerprint density at radius 2 is 2.21 bits per heavy atom. The second-order valence-corrected chi connectivity index (χ2v) is 4.55. The summed E-state index contributed by atoms with van der Waals surface area (Å²) in [4.78, 5) is 2.49. The standard InChI is InChI=1S/C11H24N2O/c1-3-7-13(4-2)10-5-6-11(12,8-10)9-14/h10,14H,3-9,12H2,1-2H3. The maximum absolute atomic E-state index is 9.18. The van der Waals surface area contributed by atoms with E-state index >= 15 is 0 Å². The Balaban J connectivity index is 2.46. The van der Waals surface area contributed by atoms with Crippen LogP contribution in [0.5, 0.6) is 0 Å². The monoisotopic (exact) mass is 200 g/mol. The number of hydrogen-bond donors (Lipinski definition) is 2. The van der Waals surface area contributed by atoms with E-state index in [0.29, 0.717) is 6.04 Å². The number of aliphatic hydroxyl groups is 1. The molecule has 1 aliphatic carbocycles. The molecular weight excluding hydrogens is 176 g/mol. The number of rotatable bonds is 5. The molecule has 0 aliphatic heterocycles. The van der Waals surface area contributed by atoms with Gasteiger partial charge in [-0.25, -0.2) is 0 Å². The Bertz CT molecular complexity index is 175. The zero-order valence-corrected chi connectivity index (χ0v) is 9.50. The molecular formula is C11H24N2O. The van der Waals surface area contributed by atoms with Gasteiger partial charge >= 0.3 is 0 Å². The summed E-state index contributed by atoms with van der Waals surface area (Å²) in [6.45, 7) is 6.79. The van der Waals surface area contributed by atoms with Gasteiger partial charge in [0.2, 0.25) is 0 Å². The van der Waals surface area contributed by atoms with Crippen molar-refractivity contribution < 1.29 is 5.11 Å². The summed E-state index contributed by atoms with van der Waals surface area (Å²) in [5.74, 6) is 0. The van der Waals surface area contributed by atoms with Gasteiger partial charge in [0.05, 0.1) is 6.61 Å². The van der Waals surface area contributed by atoms with E-state index in [2.05, 4.69) is 18.7 Å². The van der Waals surface area contributed by atoms with E-state index in [4.69, 9.17) is 5.73 Å². The molecule has 1 aliphatic rings. The molecule has 3 heteroatoms. The van der Waals surface area contributed by atoms with Crippen LogP contribution in [0, 0.1) is 0 Å². The van der Waals surface area contributed by atoms with Crippen molar-refractivity contribution in [3.63, 3.8) is 0 Å². The first-order valence-electron chi connectivity index (χ1n) is 5.79. The van der Waals surface area contributed by atoms with Crippen LogP contribution in [0.15, 0.2) is 0 Å². The van der Waals surface area contributed by atoms with Crippen LogP contribution >= 0.6 is 0 Å². The highest BCUT2D eigenvalue weighted by molar-refractivity contribution is 4.96. The number of hydrogen-bond acceptors (Lipinski definition) is 3. The molecule has 1 saturated carbocycles. The van der Waals surface area contributed by atoms with Gasteiger partial charge in [-0.2, -0.15) is 0 Å². The van der Waals surface area contributed by atoms with Gasteiger partial charge in [-0.3, -0.25) is 0 Å². The van der Waals surface area contributed by atoms with Crippen LogP contribution in [0.1, 0.15) is 39.5 Å². The second kappa shape index (κ2) is 5.10. The molecule has 0 aromatic rings. The molecule has 0 spiro atoms. The Hall–Kier alpha value is -0.120. The van der Waals surface area contributed by atoms with Crippen LogP contribution in [0.25, 0.3) is 0 Å². The molecule has 1 fully saturated rings. The SMILES string of the molecule is CCCN(CC)C1CCC(N)(CO)C1. The van der Waals surface area contributed by atoms with Gasteiger partial charge in [0.15, 0.2) is 0 Å². The van der Waals surface area contributed by atoms with Crippen molar-refractivity contribution in [3.8, 4) is 0 Å². The Labute approximate surface area is 87.3 Å². The quantitative estimate of drug-likeness (QED) is 0.695. The van der Waals surface area contributed by atoms with Crippen molar-refractivity contribution in [1.29, 1.82) is 0 Å². The van der Waals surface area contributed by atoms with Crippen LogP contribution in [-0.4, -0.2) is 41.3 Å². The highest BCUT2D eigenvalue weighted by Crippen LogP contribution is 2.30. The highest BCUT2D eigenvalue weighted by atomic mass is 16.3. The lowest BCUT2D eigenvalue weighted by Gasteiger charge is -2.28. The highest BCUT2D eigenvalue weighted by Gasteiger charge is 2.37. The minimum atomic E-state index is -0.300. The van der Waals surface area contributed by atoms with E-state index in [9.17, 15) is 5.11 Å². The summed E-state index contributed by atoms with van der Waals surface area (Å²) >= 11 is 0. The van der Waals surface area contributed by atoms with E-state index in [0.717, 1.165) is 32.4 Å². The smallest absolute Gasteiger partial charge is 0.0611 e. The molecule has 2 unspecified atom stereocenters. The first-order valence-corrected chi connectivity index (χ1v) is 5.79. The lowest BCUT2D eigenvalue weighted by atomic mass is 10.0. The normalized spacial score (nSPS) is 32.8. The zero-order chi connectivity index (χ0) is 10.6. The van der Waals surface area contributed by atoms with Gasteiger partial charge in [-0.1, -0.05) is 13.8 Å². The summed E-state index contributed by atoms with van der Waals surface area (Å²) in [6.07, 6.45) is 4.26. The third-order valence-corrected chi connectivity index (χ3v) is 3.37. The summed E-state index contributed by atoms with van der Waals surface area (Å²) in [7, 11) is 0. The second-order valence-electron chi connectivity index (χ2n) is 4.55. The van der Waals surface area contributed by atoms with Crippen molar-refractivity contribution in [2.45, 2.75) is 51.1 Å². The van der Waals surface area contributed by atoms with E-state index in [1.54, 1.807) is 0 Å². The molecule has 0 radical (unpaired) electrons. The third-order valence-electron chi connectivity index (χ3n) is 3.37. The Morgan fingerprint density at radius 1 is 1.50 bits per heavy atom. The molecule has 3 nitrogen and oxygen atoms in total. The van der Waals surface area contributed by atoms with Crippen LogP contribution in [0.4, 0.5) is 0 Å². The Morgan fingerprint density at radius 3 is 2.64 bits per heavy atom. The van der Waals surface area contributed by atoms with Crippen molar-refractivity contribution in [1.82, 2.24) is 4.90 Å². The molecule has 1 rings (SSSR count). The van der Waals surface area contributed by atoms with E-state index < -0.39 is 0 Å². The minimum absolute atomic E-state index is 0.132. The number of nitrogens with zero attached hydrogens (tertiary/aromatic N) is 1. The average molecular weight is 200 g/mol. The molecule has 0 aromatic heterocycles. The van der Waals surface area contributed by atoms with Crippen molar-refractivity contribution in [3.05, 3.63) is 0 Å². The number of nitrogens with two attached hydrogens (primary N) is 1. The molecule has 0 aromatic carbocycles. The largest absolute Gasteiger partial charge is 0.394 e. The van der Waals surface area contributed by atoms with Gasteiger partial charge in [0.25, 0.3) is 0 Å². The van der Waals surface area contributed by atoms with Crippen molar-refractivity contribution in [2.24, 2.45) is 5.73 Å².